The van der Waals surface area contributed by atoms with Crippen LogP contribution in [0.4, 0.5) is 0 Å². The van der Waals surface area contributed by atoms with Crippen LogP contribution in [-0.2, 0) is 4.74 Å². The van der Waals surface area contributed by atoms with Crippen LogP contribution in [0.15, 0.2) is 31.0 Å². The predicted octanol–water partition coefficient (Wildman–Crippen LogP) is 2.24. The molecule has 1 atom stereocenters. The first kappa shape index (κ1) is 19.2. The summed E-state index contributed by atoms with van der Waals surface area (Å²) < 4.78 is 6.73. The molecule has 1 unspecified atom stereocenters. The van der Waals surface area contributed by atoms with Crippen molar-refractivity contribution < 1.29 is 19.1 Å². The second-order valence-corrected chi connectivity index (χ2v) is 6.34. The Bertz CT molecular complexity index is 1040. The summed E-state index contributed by atoms with van der Waals surface area (Å²) in [7, 11) is 0. The minimum atomic E-state index is -1.03. The Balaban J connectivity index is 1.73. The molecule has 3 heterocycles. The number of ketones is 2. The van der Waals surface area contributed by atoms with Crippen molar-refractivity contribution in [3.63, 3.8) is 0 Å². The van der Waals surface area contributed by atoms with E-state index in [0.29, 0.717) is 22.6 Å². The number of hydrogen-bond donors (Lipinski definition) is 1. The third kappa shape index (κ3) is 3.59. The van der Waals surface area contributed by atoms with E-state index in [1.807, 2.05) is 0 Å². The zero-order valence-electron chi connectivity index (χ0n) is 15.9. The van der Waals surface area contributed by atoms with Crippen LogP contribution in [0.5, 0.6) is 0 Å². The number of aromatic nitrogens is 5. The number of aryl methyl sites for hydroxylation is 1. The Kier molecular flexibility index (Phi) is 5.16. The number of aromatic amines is 1. The second-order valence-electron chi connectivity index (χ2n) is 6.34. The maximum Gasteiger partial charge on any atom is 0.340 e. The van der Waals surface area contributed by atoms with Gasteiger partial charge >= 0.3 is 5.97 Å². The number of rotatable bonds is 6. The molecule has 3 rings (SSSR count). The van der Waals surface area contributed by atoms with E-state index in [2.05, 4.69) is 20.1 Å². The Morgan fingerprint density at radius 3 is 2.50 bits per heavy atom. The van der Waals surface area contributed by atoms with Crippen molar-refractivity contribution in [2.24, 2.45) is 0 Å². The van der Waals surface area contributed by atoms with Gasteiger partial charge in [-0.25, -0.2) is 19.4 Å². The van der Waals surface area contributed by atoms with Gasteiger partial charge in [-0.15, -0.1) is 0 Å². The first-order valence-electron chi connectivity index (χ1n) is 8.56. The van der Waals surface area contributed by atoms with Gasteiger partial charge < -0.3 is 9.72 Å². The van der Waals surface area contributed by atoms with Crippen molar-refractivity contribution in [3.8, 4) is 5.82 Å². The van der Waals surface area contributed by atoms with Crippen LogP contribution < -0.4 is 0 Å². The molecular weight excluding hydrogens is 362 g/mol. The lowest BCUT2D eigenvalue weighted by Gasteiger charge is -2.12. The average molecular weight is 381 g/mol. The van der Waals surface area contributed by atoms with Crippen molar-refractivity contribution in [2.45, 2.75) is 33.8 Å². The largest absolute Gasteiger partial charge is 0.451 e. The van der Waals surface area contributed by atoms with Crippen LogP contribution in [-0.4, -0.2) is 48.4 Å². The monoisotopic (exact) mass is 381 g/mol. The highest BCUT2D eigenvalue weighted by Crippen LogP contribution is 2.20. The molecule has 0 radical (unpaired) electrons. The first-order chi connectivity index (χ1) is 13.3. The van der Waals surface area contributed by atoms with Gasteiger partial charge in [0.25, 0.3) is 0 Å². The lowest BCUT2D eigenvalue weighted by Crippen LogP contribution is -2.25. The highest BCUT2D eigenvalue weighted by atomic mass is 16.5. The number of H-pyrrole nitrogens is 1. The predicted molar refractivity (Wildman–Crippen MR) is 98.6 cm³/mol. The van der Waals surface area contributed by atoms with E-state index in [0.717, 1.165) is 0 Å². The van der Waals surface area contributed by atoms with E-state index in [1.54, 1.807) is 19.9 Å². The van der Waals surface area contributed by atoms with Crippen LogP contribution >= 0.6 is 0 Å². The molecule has 0 aliphatic carbocycles. The maximum atomic E-state index is 12.7. The molecule has 0 saturated heterocycles. The summed E-state index contributed by atoms with van der Waals surface area (Å²) in [6.45, 7) is 6.34. The first-order valence-corrected chi connectivity index (χ1v) is 8.56. The maximum absolute atomic E-state index is 12.7. The van der Waals surface area contributed by atoms with Gasteiger partial charge in [-0.05, 0) is 45.4 Å². The molecule has 0 amide bonds. The van der Waals surface area contributed by atoms with Gasteiger partial charge in [-0.3, -0.25) is 9.59 Å². The number of nitrogens with one attached hydrogen (secondary N) is 1. The van der Waals surface area contributed by atoms with E-state index >= 15 is 0 Å². The van der Waals surface area contributed by atoms with E-state index in [4.69, 9.17) is 4.74 Å². The fourth-order valence-electron chi connectivity index (χ4n) is 2.98. The average Bonchev–Trinajstić information content (AvgIpc) is 3.29. The molecule has 9 nitrogen and oxygen atoms in total. The molecule has 0 aliphatic heterocycles. The summed E-state index contributed by atoms with van der Waals surface area (Å²) >= 11 is 0. The van der Waals surface area contributed by atoms with Gasteiger partial charge in [0, 0.05) is 17.5 Å². The van der Waals surface area contributed by atoms with Crippen molar-refractivity contribution in [2.75, 3.05) is 0 Å². The quantitative estimate of drug-likeness (QED) is 0.513. The number of nitrogens with zero attached hydrogens (tertiary/aromatic N) is 4. The van der Waals surface area contributed by atoms with Gasteiger partial charge in [0.05, 0.1) is 11.3 Å². The van der Waals surface area contributed by atoms with E-state index in [1.165, 1.54) is 43.4 Å². The smallest absolute Gasteiger partial charge is 0.340 e. The highest BCUT2D eigenvalue weighted by molar-refractivity contribution is 6.05. The summed E-state index contributed by atoms with van der Waals surface area (Å²) in [6.07, 6.45) is 3.17. The topological polar surface area (TPSA) is 120 Å². The molecular formula is C19H19N5O4. The van der Waals surface area contributed by atoms with Gasteiger partial charge in [-0.2, -0.15) is 5.10 Å². The molecule has 3 aromatic heterocycles. The number of ether oxygens (including phenoxy) is 1. The highest BCUT2D eigenvalue weighted by Gasteiger charge is 2.26. The number of Topliss-reactive ketones (excluding diaryl/α,β-unsaturated/α-hetero) is 2. The minimum absolute atomic E-state index is 0.131. The molecule has 0 spiro atoms. The van der Waals surface area contributed by atoms with Crippen molar-refractivity contribution in [1.29, 1.82) is 0 Å². The van der Waals surface area contributed by atoms with Gasteiger partial charge in [-0.1, -0.05) is 0 Å². The standard InChI is InChI=1S/C19H19N5O4/c1-10-16(12(3)25)11(2)23-17(10)18(26)13(4)28-19(27)14-5-6-15(21-7-14)24-9-20-8-22-24/h5-9,13,23H,1-4H3. The molecule has 144 valence electrons. The Morgan fingerprint density at radius 1 is 1.21 bits per heavy atom. The van der Waals surface area contributed by atoms with Crippen LogP contribution in [0.25, 0.3) is 5.82 Å². The van der Waals surface area contributed by atoms with Crippen molar-refractivity contribution in [1.82, 2.24) is 24.7 Å². The van der Waals surface area contributed by atoms with E-state index in [9.17, 15) is 14.4 Å². The van der Waals surface area contributed by atoms with Crippen LogP contribution in [0, 0.1) is 13.8 Å². The van der Waals surface area contributed by atoms with Crippen molar-refractivity contribution >= 4 is 17.5 Å². The fraction of sp³-hybridized carbons (Fsp3) is 0.263. The summed E-state index contributed by atoms with van der Waals surface area (Å²) in [5.41, 5.74) is 2.11. The number of carbonyl (C=O) groups excluding carboxylic acids is 3. The Labute approximate surface area is 160 Å². The van der Waals surface area contributed by atoms with Crippen LogP contribution in [0.3, 0.4) is 0 Å². The van der Waals surface area contributed by atoms with Gasteiger partial charge in [0.15, 0.2) is 17.7 Å². The van der Waals surface area contributed by atoms with Gasteiger partial charge in [0.2, 0.25) is 5.78 Å². The van der Waals surface area contributed by atoms with Crippen LogP contribution in [0.1, 0.15) is 56.3 Å². The normalized spacial score (nSPS) is 11.9. The zero-order chi connectivity index (χ0) is 20.4. The summed E-state index contributed by atoms with van der Waals surface area (Å²) in [6, 6.07) is 3.12. The van der Waals surface area contributed by atoms with Crippen LogP contribution in [0.2, 0.25) is 0 Å². The molecule has 0 bridgehead atoms. The lowest BCUT2D eigenvalue weighted by atomic mass is 10.0. The minimum Gasteiger partial charge on any atom is -0.451 e. The zero-order valence-corrected chi connectivity index (χ0v) is 15.9. The second kappa shape index (κ2) is 7.55. The summed E-state index contributed by atoms with van der Waals surface area (Å²) in [4.78, 5) is 47.6. The molecule has 0 aromatic carbocycles. The third-order valence-electron chi connectivity index (χ3n) is 4.33. The molecule has 0 saturated carbocycles. The third-order valence-corrected chi connectivity index (χ3v) is 4.33. The van der Waals surface area contributed by atoms with Gasteiger partial charge in [0.1, 0.15) is 12.7 Å². The lowest BCUT2D eigenvalue weighted by molar-refractivity contribution is 0.0316. The number of esters is 1. The molecule has 3 aromatic rings. The Hall–Kier alpha value is -3.62. The molecule has 9 heteroatoms. The number of carbonyl (C=O) groups is 3. The number of pyridine rings is 1. The molecule has 0 aliphatic rings. The number of hydrogen-bond acceptors (Lipinski definition) is 7. The molecule has 1 N–H and O–H groups in total. The molecule has 28 heavy (non-hydrogen) atoms. The van der Waals surface area contributed by atoms with E-state index in [-0.39, 0.29) is 17.0 Å². The summed E-state index contributed by atoms with van der Waals surface area (Å²) in [5.74, 6) is -0.722. The molecule has 0 fully saturated rings. The summed E-state index contributed by atoms with van der Waals surface area (Å²) in [5, 5.41) is 3.95. The fourth-order valence-corrected chi connectivity index (χ4v) is 2.98. The van der Waals surface area contributed by atoms with Crippen molar-refractivity contribution in [3.05, 3.63) is 59.1 Å². The van der Waals surface area contributed by atoms with E-state index < -0.39 is 17.9 Å². The Morgan fingerprint density at radius 2 is 1.96 bits per heavy atom. The SMILES string of the molecule is CC(=O)c1c(C)[nH]c(C(=O)C(C)OC(=O)c2ccc(-n3cncn3)nc2)c1C.